The first kappa shape index (κ1) is 15.3. The number of nitrogens with one attached hydrogen (secondary N) is 2. The van der Waals surface area contributed by atoms with Gasteiger partial charge >= 0.3 is 0 Å². The number of aromatic nitrogens is 3. The topological polar surface area (TPSA) is 71.8 Å². The Morgan fingerprint density at radius 2 is 2.25 bits per heavy atom. The van der Waals surface area contributed by atoms with Crippen LogP contribution in [-0.4, -0.2) is 51.5 Å². The molecule has 1 saturated heterocycles. The van der Waals surface area contributed by atoms with E-state index in [4.69, 9.17) is 0 Å². The third kappa shape index (κ3) is 3.15. The summed E-state index contributed by atoms with van der Waals surface area (Å²) < 4.78 is 1.89. The Bertz CT molecular complexity index is 445. The maximum absolute atomic E-state index is 12.1. The van der Waals surface area contributed by atoms with Crippen LogP contribution in [0, 0.1) is 0 Å². The van der Waals surface area contributed by atoms with Gasteiger partial charge in [-0.2, -0.15) is 11.8 Å². The van der Waals surface area contributed by atoms with E-state index in [2.05, 4.69) is 41.0 Å². The Balaban J connectivity index is 1.92. The zero-order valence-corrected chi connectivity index (χ0v) is 13.2. The molecule has 0 radical (unpaired) electrons. The van der Waals surface area contributed by atoms with Crippen molar-refractivity contribution < 1.29 is 4.79 Å². The number of amides is 1. The number of hydrogen-bond donors (Lipinski definition) is 2. The van der Waals surface area contributed by atoms with Crippen LogP contribution in [0.2, 0.25) is 0 Å². The summed E-state index contributed by atoms with van der Waals surface area (Å²) in [4.78, 5) is 12.1. The van der Waals surface area contributed by atoms with Gasteiger partial charge in [-0.3, -0.25) is 4.79 Å². The Labute approximate surface area is 124 Å². The highest BCUT2D eigenvalue weighted by Crippen LogP contribution is 2.29. The third-order valence-electron chi connectivity index (χ3n) is 4.17. The first-order valence-electron chi connectivity index (χ1n) is 7.10. The van der Waals surface area contributed by atoms with Crippen LogP contribution in [0.3, 0.4) is 0 Å². The molecule has 0 spiro atoms. The van der Waals surface area contributed by atoms with E-state index in [1.54, 1.807) is 10.9 Å². The minimum atomic E-state index is -0.135. The van der Waals surface area contributed by atoms with Gasteiger partial charge in [-0.05, 0) is 19.1 Å². The second kappa shape index (κ2) is 6.58. The van der Waals surface area contributed by atoms with E-state index in [0.717, 1.165) is 25.9 Å². The lowest BCUT2D eigenvalue weighted by molar-refractivity contribution is 0.0944. The minimum Gasteiger partial charge on any atom is -0.349 e. The van der Waals surface area contributed by atoms with Crippen molar-refractivity contribution in [2.24, 2.45) is 0 Å². The average molecular weight is 297 g/mol. The molecule has 0 atom stereocenters. The van der Waals surface area contributed by atoms with Gasteiger partial charge in [-0.25, -0.2) is 4.68 Å². The number of hydrogen-bond acceptors (Lipinski definition) is 5. The standard InChI is InChI=1S/C13H23N5OS/c1-4-13(5-2,20-3)9-15-12(19)11-8-18(17-16-11)10-6-14-7-10/h8,10,14H,4-7,9H2,1-3H3,(H,15,19). The van der Waals surface area contributed by atoms with Crippen molar-refractivity contribution in [3.8, 4) is 0 Å². The summed E-state index contributed by atoms with van der Waals surface area (Å²) in [5, 5.41) is 14.2. The number of carbonyl (C=O) groups excluding carboxylic acids is 1. The molecule has 7 heteroatoms. The van der Waals surface area contributed by atoms with Crippen molar-refractivity contribution in [2.45, 2.75) is 37.5 Å². The third-order valence-corrected chi connectivity index (χ3v) is 5.76. The summed E-state index contributed by atoms with van der Waals surface area (Å²) in [6.07, 6.45) is 5.90. The van der Waals surface area contributed by atoms with E-state index in [1.807, 2.05) is 11.8 Å². The molecule has 20 heavy (non-hydrogen) atoms. The molecule has 1 fully saturated rings. The molecule has 1 aromatic rings. The van der Waals surface area contributed by atoms with Crippen molar-refractivity contribution in [1.82, 2.24) is 25.6 Å². The van der Waals surface area contributed by atoms with E-state index in [1.165, 1.54) is 0 Å². The van der Waals surface area contributed by atoms with Crippen LogP contribution >= 0.6 is 11.8 Å². The van der Waals surface area contributed by atoms with Crippen LogP contribution in [0.4, 0.5) is 0 Å². The van der Waals surface area contributed by atoms with Crippen LogP contribution in [0.1, 0.15) is 43.2 Å². The van der Waals surface area contributed by atoms with E-state index in [0.29, 0.717) is 18.3 Å². The van der Waals surface area contributed by atoms with Gasteiger partial charge in [0.1, 0.15) is 0 Å². The first-order chi connectivity index (χ1) is 9.64. The average Bonchev–Trinajstić information content (AvgIpc) is 2.88. The normalized spacial score (nSPS) is 15.9. The molecular formula is C13H23N5OS. The van der Waals surface area contributed by atoms with Crippen LogP contribution in [0.15, 0.2) is 6.20 Å². The number of carbonyl (C=O) groups is 1. The fraction of sp³-hybridized carbons (Fsp3) is 0.769. The maximum atomic E-state index is 12.1. The van der Waals surface area contributed by atoms with Gasteiger partial charge < -0.3 is 10.6 Å². The van der Waals surface area contributed by atoms with Crippen LogP contribution in [-0.2, 0) is 0 Å². The molecule has 1 aromatic heterocycles. The SMILES string of the molecule is CCC(CC)(CNC(=O)c1cn(C2CNC2)nn1)SC. The number of nitrogens with zero attached hydrogens (tertiary/aromatic N) is 3. The molecule has 2 heterocycles. The predicted molar refractivity (Wildman–Crippen MR) is 81.1 cm³/mol. The van der Waals surface area contributed by atoms with Gasteiger partial charge in [0.05, 0.1) is 12.2 Å². The van der Waals surface area contributed by atoms with Gasteiger partial charge in [0, 0.05) is 24.4 Å². The number of thioether (sulfide) groups is 1. The van der Waals surface area contributed by atoms with E-state index in [-0.39, 0.29) is 10.7 Å². The smallest absolute Gasteiger partial charge is 0.273 e. The number of rotatable bonds is 7. The van der Waals surface area contributed by atoms with Crippen molar-refractivity contribution in [2.75, 3.05) is 25.9 Å². The molecular weight excluding hydrogens is 274 g/mol. The summed E-state index contributed by atoms with van der Waals surface area (Å²) in [5.41, 5.74) is 0.402. The molecule has 112 valence electrons. The van der Waals surface area contributed by atoms with Crippen LogP contribution < -0.4 is 10.6 Å². The molecule has 0 aromatic carbocycles. The van der Waals surface area contributed by atoms with Gasteiger partial charge in [0.2, 0.25) is 0 Å². The molecule has 6 nitrogen and oxygen atoms in total. The van der Waals surface area contributed by atoms with E-state index in [9.17, 15) is 4.79 Å². The zero-order chi connectivity index (χ0) is 14.6. The second-order valence-electron chi connectivity index (χ2n) is 5.17. The summed E-state index contributed by atoms with van der Waals surface area (Å²) in [6.45, 7) is 6.77. The lowest BCUT2D eigenvalue weighted by Gasteiger charge is -2.29. The fourth-order valence-corrected chi connectivity index (χ4v) is 3.01. The second-order valence-corrected chi connectivity index (χ2v) is 6.45. The molecule has 1 aliphatic rings. The summed E-state index contributed by atoms with van der Waals surface area (Å²) in [6, 6.07) is 0.334. The molecule has 2 N–H and O–H groups in total. The highest BCUT2D eigenvalue weighted by Gasteiger charge is 2.26. The van der Waals surface area contributed by atoms with Crippen molar-refractivity contribution in [1.29, 1.82) is 0 Å². The molecule has 1 aliphatic heterocycles. The molecule has 0 bridgehead atoms. The molecule has 2 rings (SSSR count). The largest absolute Gasteiger partial charge is 0.349 e. The Kier molecular flexibility index (Phi) is 5.04. The lowest BCUT2D eigenvalue weighted by Crippen LogP contribution is -2.43. The predicted octanol–water partition coefficient (Wildman–Crippen LogP) is 1.07. The molecule has 0 aliphatic carbocycles. The van der Waals surface area contributed by atoms with Gasteiger partial charge in [-0.15, -0.1) is 5.10 Å². The zero-order valence-electron chi connectivity index (χ0n) is 12.3. The Morgan fingerprint density at radius 3 is 2.75 bits per heavy atom. The highest BCUT2D eigenvalue weighted by atomic mass is 32.2. The Morgan fingerprint density at radius 1 is 1.55 bits per heavy atom. The van der Waals surface area contributed by atoms with Crippen LogP contribution in [0.25, 0.3) is 0 Å². The van der Waals surface area contributed by atoms with Crippen LogP contribution in [0.5, 0.6) is 0 Å². The first-order valence-corrected chi connectivity index (χ1v) is 8.32. The van der Waals surface area contributed by atoms with E-state index < -0.39 is 0 Å². The summed E-state index contributed by atoms with van der Waals surface area (Å²) in [5.74, 6) is -0.135. The lowest BCUT2D eigenvalue weighted by atomic mass is 10.0. The van der Waals surface area contributed by atoms with E-state index >= 15 is 0 Å². The minimum absolute atomic E-state index is 0.115. The maximum Gasteiger partial charge on any atom is 0.273 e. The van der Waals surface area contributed by atoms with Gasteiger partial charge in [0.15, 0.2) is 5.69 Å². The molecule has 0 saturated carbocycles. The van der Waals surface area contributed by atoms with Crippen molar-refractivity contribution in [3.05, 3.63) is 11.9 Å². The quantitative estimate of drug-likeness (QED) is 0.788. The Hall–Kier alpha value is -1.08. The highest BCUT2D eigenvalue weighted by molar-refractivity contribution is 8.00. The van der Waals surface area contributed by atoms with Crippen molar-refractivity contribution in [3.63, 3.8) is 0 Å². The summed E-state index contributed by atoms with van der Waals surface area (Å²) >= 11 is 1.81. The summed E-state index contributed by atoms with van der Waals surface area (Å²) in [7, 11) is 0. The molecule has 1 amide bonds. The van der Waals surface area contributed by atoms with Crippen molar-refractivity contribution >= 4 is 17.7 Å². The van der Waals surface area contributed by atoms with Gasteiger partial charge in [0.25, 0.3) is 5.91 Å². The fourth-order valence-electron chi connectivity index (χ4n) is 2.21. The van der Waals surface area contributed by atoms with Gasteiger partial charge in [-0.1, -0.05) is 19.1 Å². The monoisotopic (exact) mass is 297 g/mol. The molecule has 0 unspecified atom stereocenters.